The van der Waals surface area contributed by atoms with Crippen molar-refractivity contribution in [2.45, 2.75) is 5.41 Å². The van der Waals surface area contributed by atoms with E-state index >= 15 is 0 Å². The first-order chi connectivity index (χ1) is 32.9. The van der Waals surface area contributed by atoms with Gasteiger partial charge in [-0.1, -0.05) is 110 Å². The summed E-state index contributed by atoms with van der Waals surface area (Å²) < 4.78 is 24.0. The number of rotatable bonds is 14. The van der Waals surface area contributed by atoms with Gasteiger partial charge in [0, 0.05) is 23.3 Å². The lowest BCUT2D eigenvalue weighted by Gasteiger charge is -2.33. The topological polar surface area (TPSA) is 96.8 Å². The average molecular weight is 913 g/mol. The maximum absolute atomic E-state index is 11.4. The molecule has 10 heteroatoms. The van der Waals surface area contributed by atoms with Gasteiger partial charge in [0.05, 0.1) is 25.8 Å². The molecule has 326 valence electrons. The maximum atomic E-state index is 11.4. The molecular formula is C57H40N2O6S2. The van der Waals surface area contributed by atoms with Crippen molar-refractivity contribution >= 4 is 76.6 Å². The molecule has 2 heterocycles. The fourth-order valence-electron chi connectivity index (χ4n) is 9.20. The Morgan fingerprint density at radius 1 is 0.493 bits per heavy atom. The summed E-state index contributed by atoms with van der Waals surface area (Å²) in [6.07, 6.45) is 2.28. The summed E-state index contributed by atoms with van der Waals surface area (Å²) in [6, 6.07) is 55.9. The van der Waals surface area contributed by atoms with Gasteiger partial charge in [-0.3, -0.25) is 0 Å². The Morgan fingerprint density at radius 3 is 1.39 bits per heavy atom. The van der Waals surface area contributed by atoms with Crippen LogP contribution < -0.4 is 9.47 Å². The quantitative estimate of drug-likeness (QED) is 0.0605. The van der Waals surface area contributed by atoms with Crippen LogP contribution >= 0.6 is 22.7 Å². The van der Waals surface area contributed by atoms with Crippen molar-refractivity contribution in [2.75, 3.05) is 26.4 Å². The number of carbonyl (C=O) groups is 2. The van der Waals surface area contributed by atoms with Gasteiger partial charge >= 0.3 is 11.9 Å². The SMILES string of the molecule is C=CC(=O)OCCOc1ccc2cc(-c3nc4ccc(C5(c6ccc7nc(-c8ccc9cc(OCCOC(=O)C=C)ccc9c8)sc7c6)c6ccccc6-c6ccccc65)cc4s3)ccc2c1. The molecule has 0 spiro atoms. The van der Waals surface area contributed by atoms with Gasteiger partial charge in [-0.15, -0.1) is 22.7 Å². The maximum Gasteiger partial charge on any atom is 0.330 e. The number of carbonyl (C=O) groups excluding carboxylic acids is 2. The highest BCUT2D eigenvalue weighted by Crippen LogP contribution is 2.57. The highest BCUT2D eigenvalue weighted by atomic mass is 32.1. The second-order valence-corrected chi connectivity index (χ2v) is 18.2. The standard InChI is InChI=1S/C57H40N2O6S2/c1-3-53(60)64-27-25-62-43-21-17-35-29-39(15-13-37(35)31-43)55-58-49-23-19-41(33-51(49)66-55)57(47-11-7-5-9-45(47)46-10-6-8-12-48(46)57)42-20-24-50-52(34-42)67-56(59-50)40-16-14-38-32-44(22-18-36(38)30-40)63-26-28-65-54(61)4-2/h3-24,29-34H,1-2,25-28H2. The number of nitrogens with zero attached hydrogens (tertiary/aromatic N) is 2. The van der Waals surface area contributed by atoms with Crippen LogP contribution in [0.15, 0.2) is 183 Å². The van der Waals surface area contributed by atoms with E-state index in [9.17, 15) is 9.59 Å². The van der Waals surface area contributed by atoms with E-state index in [0.29, 0.717) is 11.5 Å². The Morgan fingerprint density at radius 2 is 0.925 bits per heavy atom. The van der Waals surface area contributed by atoms with E-state index in [0.717, 1.165) is 75.3 Å². The van der Waals surface area contributed by atoms with E-state index in [-0.39, 0.29) is 26.4 Å². The zero-order chi connectivity index (χ0) is 45.5. The summed E-state index contributed by atoms with van der Waals surface area (Å²) in [7, 11) is 0. The van der Waals surface area contributed by atoms with Crippen LogP contribution in [0.1, 0.15) is 22.3 Å². The minimum absolute atomic E-state index is 0.151. The monoisotopic (exact) mass is 912 g/mol. The Kier molecular flexibility index (Phi) is 10.9. The molecule has 0 aliphatic heterocycles. The molecule has 0 fully saturated rings. The van der Waals surface area contributed by atoms with Gasteiger partial charge in [-0.25, -0.2) is 19.6 Å². The smallest absolute Gasteiger partial charge is 0.330 e. The molecule has 0 saturated heterocycles. The summed E-state index contributed by atoms with van der Waals surface area (Å²) in [5.41, 5.74) is 10.7. The number of hydrogen-bond donors (Lipinski definition) is 0. The summed E-state index contributed by atoms with van der Waals surface area (Å²) in [6.45, 7) is 7.66. The molecule has 8 aromatic carbocycles. The molecule has 67 heavy (non-hydrogen) atoms. The van der Waals surface area contributed by atoms with Crippen molar-refractivity contribution in [1.82, 2.24) is 9.97 Å². The third-order valence-corrected chi connectivity index (χ3v) is 14.4. The molecule has 0 N–H and O–H groups in total. The number of esters is 2. The summed E-state index contributed by atoms with van der Waals surface area (Å²) in [5, 5.41) is 6.13. The predicted octanol–water partition coefficient (Wildman–Crippen LogP) is 13.1. The first-order valence-corrected chi connectivity index (χ1v) is 23.5. The molecule has 1 aliphatic rings. The predicted molar refractivity (Wildman–Crippen MR) is 269 cm³/mol. The van der Waals surface area contributed by atoms with Crippen molar-refractivity contribution < 1.29 is 28.5 Å². The highest BCUT2D eigenvalue weighted by molar-refractivity contribution is 7.22. The lowest BCUT2D eigenvalue weighted by atomic mass is 9.67. The van der Waals surface area contributed by atoms with Crippen molar-refractivity contribution in [2.24, 2.45) is 0 Å². The third-order valence-electron chi connectivity index (χ3n) is 12.2. The van der Waals surface area contributed by atoms with E-state index < -0.39 is 17.4 Å². The molecule has 0 radical (unpaired) electrons. The molecule has 0 atom stereocenters. The van der Waals surface area contributed by atoms with Gasteiger partial charge < -0.3 is 18.9 Å². The van der Waals surface area contributed by atoms with E-state index in [1.807, 2.05) is 36.4 Å². The lowest BCUT2D eigenvalue weighted by molar-refractivity contribution is -0.139. The minimum Gasteiger partial charge on any atom is -0.490 e. The van der Waals surface area contributed by atoms with Gasteiger partial charge in [0.2, 0.25) is 0 Å². The van der Waals surface area contributed by atoms with Crippen molar-refractivity contribution in [3.8, 4) is 43.8 Å². The second-order valence-electron chi connectivity index (χ2n) is 16.1. The zero-order valence-electron chi connectivity index (χ0n) is 36.1. The molecular weight excluding hydrogens is 873 g/mol. The minimum atomic E-state index is -0.601. The van der Waals surface area contributed by atoms with Gasteiger partial charge in [0.25, 0.3) is 0 Å². The van der Waals surface area contributed by atoms with Crippen LogP contribution in [0.3, 0.4) is 0 Å². The number of fused-ring (bicyclic) bond motifs is 7. The van der Waals surface area contributed by atoms with Crippen molar-refractivity contribution in [3.05, 3.63) is 205 Å². The number of thiazole rings is 2. The fraction of sp³-hybridized carbons (Fsp3) is 0.0877. The van der Waals surface area contributed by atoms with Crippen LogP contribution in [0, 0.1) is 0 Å². The van der Waals surface area contributed by atoms with E-state index in [1.54, 1.807) is 22.7 Å². The summed E-state index contributed by atoms with van der Waals surface area (Å²) in [5.74, 6) is 0.477. The highest BCUT2D eigenvalue weighted by Gasteiger charge is 2.46. The van der Waals surface area contributed by atoms with E-state index in [2.05, 4.69) is 134 Å². The number of aromatic nitrogens is 2. The van der Waals surface area contributed by atoms with Crippen LogP contribution in [-0.4, -0.2) is 48.3 Å². The largest absolute Gasteiger partial charge is 0.490 e. The summed E-state index contributed by atoms with van der Waals surface area (Å²) >= 11 is 3.40. The molecule has 1 aliphatic carbocycles. The van der Waals surface area contributed by atoms with Crippen molar-refractivity contribution in [3.63, 3.8) is 0 Å². The van der Waals surface area contributed by atoms with Crippen molar-refractivity contribution in [1.29, 1.82) is 0 Å². The second kappa shape index (κ2) is 17.5. The molecule has 8 nitrogen and oxygen atoms in total. The lowest BCUT2D eigenvalue weighted by Crippen LogP contribution is -2.28. The van der Waals surface area contributed by atoms with E-state index in [1.165, 1.54) is 33.4 Å². The molecule has 0 amide bonds. The van der Waals surface area contributed by atoms with Gasteiger partial charge in [0.15, 0.2) is 0 Å². The molecule has 2 aromatic heterocycles. The number of hydrogen-bond acceptors (Lipinski definition) is 10. The Hall–Kier alpha value is -7.92. The Labute approximate surface area is 394 Å². The molecule has 0 saturated carbocycles. The van der Waals surface area contributed by atoms with Gasteiger partial charge in [0.1, 0.15) is 47.9 Å². The Balaban J connectivity index is 0.932. The molecule has 11 rings (SSSR count). The normalized spacial score (nSPS) is 12.5. The van der Waals surface area contributed by atoms with E-state index in [4.69, 9.17) is 28.9 Å². The van der Waals surface area contributed by atoms with Crippen LogP contribution in [0.5, 0.6) is 11.5 Å². The zero-order valence-corrected chi connectivity index (χ0v) is 37.7. The molecule has 0 bridgehead atoms. The van der Waals surface area contributed by atoms with Crippen LogP contribution in [0.2, 0.25) is 0 Å². The average Bonchev–Trinajstić information content (AvgIpc) is 4.09. The fourth-order valence-corrected chi connectivity index (χ4v) is 11.2. The van der Waals surface area contributed by atoms with Crippen LogP contribution in [-0.2, 0) is 24.5 Å². The number of benzene rings is 8. The molecule has 10 aromatic rings. The van der Waals surface area contributed by atoms with Crippen LogP contribution in [0.4, 0.5) is 0 Å². The first-order valence-electron chi connectivity index (χ1n) is 21.8. The third kappa shape index (κ3) is 7.69. The van der Waals surface area contributed by atoms with Gasteiger partial charge in [-0.05, 0) is 116 Å². The van der Waals surface area contributed by atoms with Gasteiger partial charge in [-0.2, -0.15) is 0 Å². The summed E-state index contributed by atoms with van der Waals surface area (Å²) in [4.78, 5) is 33.1. The van der Waals surface area contributed by atoms with Crippen LogP contribution in [0.25, 0.3) is 74.2 Å². The number of ether oxygens (including phenoxy) is 4. The Bertz CT molecular complexity index is 3370. The first kappa shape index (κ1) is 41.8. The molecule has 0 unspecified atom stereocenters.